The van der Waals surface area contributed by atoms with Gasteiger partial charge in [-0.2, -0.15) is 0 Å². The Bertz CT molecular complexity index is 766. The predicted molar refractivity (Wildman–Crippen MR) is 96.3 cm³/mol. The zero-order chi connectivity index (χ0) is 17.8. The second-order valence-corrected chi connectivity index (χ2v) is 6.49. The van der Waals surface area contributed by atoms with E-state index in [1.54, 1.807) is 6.20 Å². The van der Waals surface area contributed by atoms with Crippen LogP contribution in [0.3, 0.4) is 0 Å². The molecule has 0 bridgehead atoms. The van der Waals surface area contributed by atoms with Gasteiger partial charge in [-0.1, -0.05) is 23.8 Å². The Hall–Kier alpha value is -2.69. The van der Waals surface area contributed by atoms with Crippen LogP contribution in [-0.4, -0.2) is 52.8 Å². The number of carbonyl (C=O) groups excluding carboxylic acids is 2. The zero-order valence-electron chi connectivity index (χ0n) is 14.7. The van der Waals surface area contributed by atoms with Crippen LogP contribution in [0.2, 0.25) is 0 Å². The summed E-state index contributed by atoms with van der Waals surface area (Å²) in [6.45, 7) is 6.23. The number of amides is 2. The molecule has 1 aromatic heterocycles. The van der Waals surface area contributed by atoms with Crippen molar-refractivity contribution in [2.75, 3.05) is 26.2 Å². The zero-order valence-corrected chi connectivity index (χ0v) is 14.7. The van der Waals surface area contributed by atoms with E-state index in [9.17, 15) is 9.59 Å². The Kier molecular flexibility index (Phi) is 5.12. The highest BCUT2D eigenvalue weighted by Crippen LogP contribution is 2.15. The Balaban J connectivity index is 1.59. The lowest BCUT2D eigenvalue weighted by Crippen LogP contribution is -2.51. The summed E-state index contributed by atoms with van der Waals surface area (Å²) in [6, 6.07) is 11.5. The lowest BCUT2D eigenvalue weighted by molar-refractivity contribution is -0.132. The second kappa shape index (κ2) is 7.47. The van der Waals surface area contributed by atoms with E-state index in [4.69, 9.17) is 0 Å². The molecule has 0 aliphatic carbocycles. The summed E-state index contributed by atoms with van der Waals surface area (Å²) in [5.74, 6) is 0.121. The van der Waals surface area contributed by atoms with Gasteiger partial charge < -0.3 is 9.80 Å². The number of pyridine rings is 1. The monoisotopic (exact) mass is 337 g/mol. The predicted octanol–water partition coefficient (Wildman–Crippen LogP) is 2.23. The lowest BCUT2D eigenvalue weighted by atomic mass is 10.0. The Morgan fingerprint density at radius 2 is 1.72 bits per heavy atom. The van der Waals surface area contributed by atoms with Crippen LogP contribution in [-0.2, 0) is 11.2 Å². The molecule has 130 valence electrons. The molecule has 2 amide bonds. The van der Waals surface area contributed by atoms with E-state index in [-0.39, 0.29) is 11.8 Å². The highest BCUT2D eigenvalue weighted by Gasteiger charge is 2.25. The van der Waals surface area contributed by atoms with Crippen LogP contribution < -0.4 is 0 Å². The van der Waals surface area contributed by atoms with Crippen molar-refractivity contribution in [2.45, 2.75) is 20.3 Å². The third-order valence-electron chi connectivity index (χ3n) is 4.60. The van der Waals surface area contributed by atoms with Gasteiger partial charge in [-0.05, 0) is 37.6 Å². The smallest absolute Gasteiger partial charge is 0.254 e. The molecule has 0 atom stereocenters. The summed E-state index contributed by atoms with van der Waals surface area (Å²) in [4.78, 5) is 33.0. The van der Waals surface area contributed by atoms with Crippen LogP contribution in [0, 0.1) is 13.8 Å². The van der Waals surface area contributed by atoms with E-state index >= 15 is 0 Å². The molecule has 3 rings (SSSR count). The number of hydrogen-bond acceptors (Lipinski definition) is 3. The molecule has 1 saturated heterocycles. The minimum Gasteiger partial charge on any atom is -0.339 e. The number of aromatic nitrogens is 1. The molecule has 25 heavy (non-hydrogen) atoms. The van der Waals surface area contributed by atoms with E-state index in [1.165, 1.54) is 0 Å². The van der Waals surface area contributed by atoms with Crippen molar-refractivity contribution in [3.05, 3.63) is 65.0 Å². The molecule has 1 fully saturated rings. The van der Waals surface area contributed by atoms with E-state index in [0.717, 1.165) is 22.4 Å². The van der Waals surface area contributed by atoms with Crippen LogP contribution in [0.1, 0.15) is 27.2 Å². The molecule has 5 heteroatoms. The average Bonchev–Trinajstić information content (AvgIpc) is 2.64. The molecular formula is C20H23N3O2. The molecule has 1 aromatic carbocycles. The summed E-state index contributed by atoms with van der Waals surface area (Å²) in [5.41, 5.74) is 3.61. The largest absolute Gasteiger partial charge is 0.339 e. The maximum atomic E-state index is 12.8. The average molecular weight is 337 g/mol. The highest BCUT2D eigenvalue weighted by atomic mass is 16.2. The number of carbonyl (C=O) groups is 2. The first kappa shape index (κ1) is 17.1. The van der Waals surface area contributed by atoms with Crippen molar-refractivity contribution >= 4 is 11.8 Å². The van der Waals surface area contributed by atoms with Gasteiger partial charge in [0, 0.05) is 43.6 Å². The molecule has 0 saturated carbocycles. The molecule has 2 aromatic rings. The molecule has 5 nitrogen and oxygen atoms in total. The fourth-order valence-corrected chi connectivity index (χ4v) is 3.06. The quantitative estimate of drug-likeness (QED) is 0.863. The van der Waals surface area contributed by atoms with E-state index in [2.05, 4.69) is 4.98 Å². The molecule has 0 N–H and O–H groups in total. The van der Waals surface area contributed by atoms with Gasteiger partial charge in [0.2, 0.25) is 5.91 Å². The molecule has 0 unspecified atom stereocenters. The molecular weight excluding hydrogens is 314 g/mol. The maximum Gasteiger partial charge on any atom is 0.254 e. The summed E-state index contributed by atoms with van der Waals surface area (Å²) >= 11 is 0. The van der Waals surface area contributed by atoms with E-state index in [0.29, 0.717) is 32.6 Å². The summed E-state index contributed by atoms with van der Waals surface area (Å²) in [6.07, 6.45) is 2.01. The first-order valence-electron chi connectivity index (χ1n) is 8.59. The van der Waals surface area contributed by atoms with Gasteiger partial charge >= 0.3 is 0 Å². The highest BCUT2D eigenvalue weighted by molar-refractivity contribution is 5.96. The fraction of sp³-hybridized carbons (Fsp3) is 0.350. The SMILES string of the molecule is Cc1ccc(C)c(C(=O)N2CCN(C(=O)Cc3ccccn3)CC2)c1. The Morgan fingerprint density at radius 1 is 1.00 bits per heavy atom. The molecule has 1 aliphatic rings. The van der Waals surface area contributed by atoms with E-state index in [1.807, 2.05) is 60.0 Å². The van der Waals surface area contributed by atoms with Crippen LogP contribution in [0.5, 0.6) is 0 Å². The third kappa shape index (κ3) is 4.05. The van der Waals surface area contributed by atoms with Crippen LogP contribution in [0.15, 0.2) is 42.6 Å². The van der Waals surface area contributed by atoms with Crippen LogP contribution in [0.25, 0.3) is 0 Å². The topological polar surface area (TPSA) is 53.5 Å². The lowest BCUT2D eigenvalue weighted by Gasteiger charge is -2.35. The minimum atomic E-state index is 0.0537. The van der Waals surface area contributed by atoms with Gasteiger partial charge in [0.25, 0.3) is 5.91 Å². The van der Waals surface area contributed by atoms with Crippen molar-refractivity contribution in [1.29, 1.82) is 0 Å². The van der Waals surface area contributed by atoms with Crippen LogP contribution >= 0.6 is 0 Å². The van der Waals surface area contributed by atoms with Crippen molar-refractivity contribution in [3.8, 4) is 0 Å². The Labute approximate surface area is 148 Å². The Morgan fingerprint density at radius 3 is 2.40 bits per heavy atom. The first-order chi connectivity index (χ1) is 12.0. The van der Waals surface area contributed by atoms with Gasteiger partial charge in [-0.15, -0.1) is 0 Å². The maximum absolute atomic E-state index is 12.8. The molecule has 2 heterocycles. The fourth-order valence-electron chi connectivity index (χ4n) is 3.06. The summed E-state index contributed by atoms with van der Waals surface area (Å²) < 4.78 is 0. The van der Waals surface area contributed by atoms with E-state index < -0.39 is 0 Å². The number of benzene rings is 1. The van der Waals surface area contributed by atoms with Crippen molar-refractivity contribution in [1.82, 2.24) is 14.8 Å². The van der Waals surface area contributed by atoms with Crippen molar-refractivity contribution in [3.63, 3.8) is 0 Å². The number of rotatable bonds is 3. The van der Waals surface area contributed by atoms with Gasteiger partial charge in [0.15, 0.2) is 0 Å². The third-order valence-corrected chi connectivity index (χ3v) is 4.60. The summed E-state index contributed by atoms with van der Waals surface area (Å²) in [5, 5.41) is 0. The van der Waals surface area contributed by atoms with Crippen molar-refractivity contribution < 1.29 is 9.59 Å². The molecule has 1 aliphatic heterocycles. The van der Waals surface area contributed by atoms with Crippen molar-refractivity contribution in [2.24, 2.45) is 0 Å². The van der Waals surface area contributed by atoms with Gasteiger partial charge in [0.05, 0.1) is 6.42 Å². The second-order valence-electron chi connectivity index (χ2n) is 6.49. The number of hydrogen-bond donors (Lipinski definition) is 0. The number of piperazine rings is 1. The van der Waals surface area contributed by atoms with Crippen LogP contribution in [0.4, 0.5) is 0 Å². The molecule has 0 radical (unpaired) electrons. The van der Waals surface area contributed by atoms with Gasteiger partial charge in [0.1, 0.15) is 0 Å². The van der Waals surface area contributed by atoms with Gasteiger partial charge in [-0.3, -0.25) is 14.6 Å². The number of aryl methyl sites for hydroxylation is 2. The summed E-state index contributed by atoms with van der Waals surface area (Å²) in [7, 11) is 0. The molecule has 0 spiro atoms. The normalized spacial score (nSPS) is 14.5. The number of nitrogens with zero attached hydrogens (tertiary/aromatic N) is 3. The van der Waals surface area contributed by atoms with Gasteiger partial charge in [-0.25, -0.2) is 0 Å². The minimum absolute atomic E-state index is 0.0537. The standard InChI is InChI=1S/C20H23N3O2/c1-15-6-7-16(2)18(13-15)20(25)23-11-9-22(10-12-23)19(24)14-17-5-3-4-8-21-17/h3-8,13H,9-12,14H2,1-2H3. The first-order valence-corrected chi connectivity index (χ1v) is 8.59.